The van der Waals surface area contributed by atoms with Crippen LogP contribution in [0.5, 0.6) is 5.75 Å². The summed E-state index contributed by atoms with van der Waals surface area (Å²) in [6, 6.07) is 7.55. The number of imidazole rings is 1. The number of nitrogens with zero attached hydrogens (tertiary/aromatic N) is 2. The maximum Gasteiger partial charge on any atom is 0.221 e. The lowest BCUT2D eigenvalue weighted by molar-refractivity contribution is -0.122. The molecule has 3 rings (SSSR count). The van der Waals surface area contributed by atoms with Gasteiger partial charge in [-0.25, -0.2) is 4.98 Å². The molecule has 1 unspecified atom stereocenters. The third-order valence-corrected chi connectivity index (χ3v) is 5.07. The van der Waals surface area contributed by atoms with Gasteiger partial charge in [0, 0.05) is 25.9 Å². The van der Waals surface area contributed by atoms with Crippen LogP contribution < -0.4 is 10.1 Å². The van der Waals surface area contributed by atoms with E-state index >= 15 is 0 Å². The van der Waals surface area contributed by atoms with Crippen LogP contribution in [-0.4, -0.2) is 22.6 Å². The molecular weight excluding hydrogens is 314 g/mol. The van der Waals surface area contributed by atoms with E-state index in [0.29, 0.717) is 12.3 Å². The zero-order valence-electron chi connectivity index (χ0n) is 15.1. The minimum Gasteiger partial charge on any atom is -0.497 e. The molecule has 0 spiro atoms. The average Bonchev–Trinajstić information content (AvgIpc) is 3.06. The van der Waals surface area contributed by atoms with Crippen LogP contribution in [0.1, 0.15) is 56.0 Å². The third-order valence-electron chi connectivity index (χ3n) is 5.07. The average molecular weight is 341 g/mol. The van der Waals surface area contributed by atoms with E-state index in [0.717, 1.165) is 17.1 Å². The van der Waals surface area contributed by atoms with Crippen LogP contribution in [0.4, 0.5) is 0 Å². The van der Waals surface area contributed by atoms with Crippen molar-refractivity contribution in [2.24, 2.45) is 13.0 Å². The molecule has 1 N–H and O–H groups in total. The van der Waals surface area contributed by atoms with Gasteiger partial charge in [-0.05, 0) is 36.5 Å². The molecule has 1 aliphatic carbocycles. The molecule has 1 aromatic heterocycles. The van der Waals surface area contributed by atoms with Gasteiger partial charge in [0.1, 0.15) is 17.6 Å². The fourth-order valence-corrected chi connectivity index (χ4v) is 3.62. The van der Waals surface area contributed by atoms with Crippen LogP contribution in [0.25, 0.3) is 0 Å². The maximum atomic E-state index is 12.7. The number of hydrogen-bond acceptors (Lipinski definition) is 3. The number of nitrogens with one attached hydrogen (secondary N) is 1. The molecule has 1 saturated carbocycles. The number of aromatic nitrogens is 2. The van der Waals surface area contributed by atoms with Crippen molar-refractivity contribution in [1.82, 2.24) is 14.9 Å². The normalized spacial score (nSPS) is 16.4. The van der Waals surface area contributed by atoms with Gasteiger partial charge in [-0.3, -0.25) is 4.79 Å². The Hall–Kier alpha value is -2.30. The molecule has 5 heteroatoms. The van der Waals surface area contributed by atoms with Crippen LogP contribution in [0.3, 0.4) is 0 Å². The highest BCUT2D eigenvalue weighted by Crippen LogP contribution is 2.27. The van der Waals surface area contributed by atoms with E-state index in [4.69, 9.17) is 4.74 Å². The van der Waals surface area contributed by atoms with Gasteiger partial charge in [-0.2, -0.15) is 0 Å². The van der Waals surface area contributed by atoms with Crippen molar-refractivity contribution < 1.29 is 9.53 Å². The van der Waals surface area contributed by atoms with Gasteiger partial charge in [0.15, 0.2) is 0 Å². The van der Waals surface area contributed by atoms with Gasteiger partial charge >= 0.3 is 0 Å². The Kier molecular flexibility index (Phi) is 5.74. The molecule has 0 saturated heterocycles. The first-order valence-electron chi connectivity index (χ1n) is 9.08. The smallest absolute Gasteiger partial charge is 0.221 e. The summed E-state index contributed by atoms with van der Waals surface area (Å²) in [5.41, 5.74) is 1.01. The number of rotatable bonds is 6. The fraction of sp³-hybridized carbons (Fsp3) is 0.500. The zero-order valence-corrected chi connectivity index (χ0v) is 15.1. The largest absolute Gasteiger partial charge is 0.497 e. The molecule has 134 valence electrons. The van der Waals surface area contributed by atoms with Crippen LogP contribution in [0.2, 0.25) is 0 Å². The third kappa shape index (κ3) is 4.41. The van der Waals surface area contributed by atoms with E-state index in [9.17, 15) is 4.79 Å². The molecule has 25 heavy (non-hydrogen) atoms. The molecule has 1 atom stereocenters. The molecule has 5 nitrogen and oxygen atoms in total. The number of carbonyl (C=O) groups is 1. The summed E-state index contributed by atoms with van der Waals surface area (Å²) in [5.74, 6) is 2.26. The highest BCUT2D eigenvalue weighted by atomic mass is 16.5. The second-order valence-corrected chi connectivity index (χ2v) is 6.88. The minimum absolute atomic E-state index is 0.107. The summed E-state index contributed by atoms with van der Waals surface area (Å²) < 4.78 is 7.19. The number of benzene rings is 1. The Morgan fingerprint density at radius 2 is 2.00 bits per heavy atom. The van der Waals surface area contributed by atoms with Gasteiger partial charge in [0.25, 0.3) is 0 Å². The van der Waals surface area contributed by atoms with Crippen LogP contribution in [-0.2, 0) is 11.8 Å². The Bertz CT molecular complexity index is 687. The van der Waals surface area contributed by atoms with Gasteiger partial charge in [0.05, 0.1) is 7.11 Å². The number of amides is 1. The van der Waals surface area contributed by atoms with Crippen molar-refractivity contribution in [3.05, 3.63) is 48.0 Å². The topological polar surface area (TPSA) is 56.1 Å². The predicted octanol–water partition coefficient (Wildman–Crippen LogP) is 3.60. The first-order chi connectivity index (χ1) is 12.2. The molecule has 1 amide bonds. The van der Waals surface area contributed by atoms with Gasteiger partial charge < -0.3 is 14.6 Å². The van der Waals surface area contributed by atoms with Crippen molar-refractivity contribution >= 4 is 5.91 Å². The summed E-state index contributed by atoms with van der Waals surface area (Å²) in [6.07, 6.45) is 10.4. The molecule has 0 bridgehead atoms. The van der Waals surface area contributed by atoms with Crippen molar-refractivity contribution in [2.45, 2.75) is 44.6 Å². The van der Waals surface area contributed by atoms with Crippen molar-refractivity contribution in [2.75, 3.05) is 7.11 Å². The van der Waals surface area contributed by atoms with Crippen molar-refractivity contribution in [1.29, 1.82) is 0 Å². The van der Waals surface area contributed by atoms with Crippen LogP contribution in [0, 0.1) is 5.92 Å². The lowest BCUT2D eigenvalue weighted by Gasteiger charge is -2.23. The number of methoxy groups -OCH3 is 1. The summed E-state index contributed by atoms with van der Waals surface area (Å²) in [4.78, 5) is 17.1. The Labute approximate surface area is 149 Å². The second kappa shape index (κ2) is 8.19. The maximum absolute atomic E-state index is 12.7. The second-order valence-electron chi connectivity index (χ2n) is 6.88. The fourth-order valence-electron chi connectivity index (χ4n) is 3.62. The summed E-state index contributed by atoms with van der Waals surface area (Å²) in [6.45, 7) is 0. The van der Waals surface area contributed by atoms with Gasteiger partial charge in [-0.1, -0.05) is 31.4 Å². The first kappa shape index (κ1) is 17.5. The van der Waals surface area contributed by atoms with E-state index in [2.05, 4.69) is 10.3 Å². The molecule has 1 aliphatic rings. The van der Waals surface area contributed by atoms with Gasteiger partial charge in [0.2, 0.25) is 5.91 Å². The lowest BCUT2D eigenvalue weighted by Crippen LogP contribution is -2.32. The Morgan fingerprint density at radius 1 is 1.28 bits per heavy atom. The summed E-state index contributed by atoms with van der Waals surface area (Å²) >= 11 is 0. The Morgan fingerprint density at radius 3 is 2.60 bits per heavy atom. The summed E-state index contributed by atoms with van der Waals surface area (Å²) in [7, 11) is 3.60. The van der Waals surface area contributed by atoms with Gasteiger partial charge in [-0.15, -0.1) is 0 Å². The van der Waals surface area contributed by atoms with Crippen molar-refractivity contribution in [3.63, 3.8) is 0 Å². The standard InChI is InChI=1S/C20H27N3O2/c1-23-13-12-21-20(23)19(16-8-10-17(25-2)11-9-16)22-18(24)14-15-6-4-3-5-7-15/h8-13,15,19H,3-7,14H2,1-2H3,(H,22,24). The van der Waals surface area contributed by atoms with E-state index in [1.807, 2.05) is 42.1 Å². The van der Waals surface area contributed by atoms with Crippen molar-refractivity contribution in [3.8, 4) is 5.75 Å². The molecule has 2 aromatic rings. The molecule has 1 fully saturated rings. The number of hydrogen-bond donors (Lipinski definition) is 1. The lowest BCUT2D eigenvalue weighted by atomic mass is 9.86. The predicted molar refractivity (Wildman–Crippen MR) is 97.4 cm³/mol. The minimum atomic E-state index is -0.248. The van der Waals surface area contributed by atoms with Crippen LogP contribution >= 0.6 is 0 Å². The van der Waals surface area contributed by atoms with E-state index in [1.165, 1.54) is 32.1 Å². The highest BCUT2D eigenvalue weighted by molar-refractivity contribution is 5.77. The quantitative estimate of drug-likeness (QED) is 0.873. The number of carbonyl (C=O) groups excluding carboxylic acids is 1. The van der Waals surface area contributed by atoms with E-state index in [-0.39, 0.29) is 11.9 Å². The zero-order chi connectivity index (χ0) is 17.6. The number of aryl methyl sites for hydroxylation is 1. The summed E-state index contributed by atoms with van der Waals surface area (Å²) in [5, 5.41) is 3.20. The van der Waals surface area contributed by atoms with Crippen LogP contribution in [0.15, 0.2) is 36.7 Å². The molecule has 0 aliphatic heterocycles. The SMILES string of the molecule is COc1ccc(C(NC(=O)CC2CCCCC2)c2nccn2C)cc1. The Balaban J connectivity index is 1.76. The molecular formula is C20H27N3O2. The molecule has 0 radical (unpaired) electrons. The molecule has 1 aromatic carbocycles. The first-order valence-corrected chi connectivity index (χ1v) is 9.08. The highest BCUT2D eigenvalue weighted by Gasteiger charge is 2.23. The number of ether oxygens (including phenoxy) is 1. The van der Waals surface area contributed by atoms with E-state index in [1.54, 1.807) is 13.3 Å². The molecule has 1 heterocycles. The monoisotopic (exact) mass is 341 g/mol. The van der Waals surface area contributed by atoms with E-state index < -0.39 is 0 Å².